The minimum Gasteiger partial charge on any atom is -0.274 e. The topological polar surface area (TPSA) is 66.6 Å². The highest BCUT2D eigenvalue weighted by Crippen LogP contribution is 2.35. The summed E-state index contributed by atoms with van der Waals surface area (Å²) < 4.78 is 52.2. The van der Waals surface area contributed by atoms with E-state index in [1.807, 2.05) is 0 Å². The lowest BCUT2D eigenvalue weighted by molar-refractivity contribution is -0.188. The van der Waals surface area contributed by atoms with E-state index in [4.69, 9.17) is 17.4 Å². The first-order chi connectivity index (χ1) is 10.0. The maximum Gasteiger partial charge on any atom is 0.410 e. The Morgan fingerprint density at radius 2 is 1.91 bits per heavy atom. The number of hydrogen-bond acceptors (Lipinski definition) is 3. The van der Waals surface area contributed by atoms with Crippen LogP contribution >= 0.6 is 11.6 Å². The number of rotatable bonds is 1. The van der Waals surface area contributed by atoms with Gasteiger partial charge in [0.1, 0.15) is 5.83 Å². The highest BCUT2D eigenvalue weighted by atomic mass is 35.5. The van der Waals surface area contributed by atoms with Crippen LogP contribution in [0.1, 0.15) is 19.8 Å². The van der Waals surface area contributed by atoms with Crippen molar-refractivity contribution in [3.05, 3.63) is 23.2 Å². The van der Waals surface area contributed by atoms with Crippen LogP contribution in [0.2, 0.25) is 0 Å². The number of hydrogen-bond donors (Lipinski definition) is 1. The molecule has 22 heavy (non-hydrogen) atoms. The van der Waals surface area contributed by atoms with Crippen LogP contribution < -0.4 is 5.84 Å². The van der Waals surface area contributed by atoms with Gasteiger partial charge in [0.2, 0.25) is 5.91 Å². The van der Waals surface area contributed by atoms with Crippen LogP contribution in [0.4, 0.5) is 22.4 Å². The van der Waals surface area contributed by atoms with E-state index in [-0.39, 0.29) is 11.4 Å². The average molecular weight is 342 g/mol. The smallest absolute Gasteiger partial charge is 0.274 e. The second-order valence-corrected chi connectivity index (χ2v) is 5.56. The maximum absolute atomic E-state index is 14.0. The molecule has 1 saturated heterocycles. The summed E-state index contributed by atoms with van der Waals surface area (Å²) in [5.41, 5.74) is 0.0701. The fourth-order valence-corrected chi connectivity index (χ4v) is 2.41. The van der Waals surface area contributed by atoms with Crippen molar-refractivity contribution < 1.29 is 27.2 Å². The van der Waals surface area contributed by atoms with Crippen LogP contribution in [0.15, 0.2) is 23.2 Å². The molecule has 0 aromatic rings. The van der Waals surface area contributed by atoms with E-state index < -0.39 is 47.5 Å². The molecule has 2 N–H and O–H groups in total. The van der Waals surface area contributed by atoms with Gasteiger partial charge in [0.05, 0.1) is 17.5 Å². The van der Waals surface area contributed by atoms with E-state index in [1.54, 1.807) is 6.92 Å². The van der Waals surface area contributed by atoms with Crippen molar-refractivity contribution in [2.24, 2.45) is 5.84 Å². The first-order valence-electron chi connectivity index (χ1n) is 6.22. The van der Waals surface area contributed by atoms with Crippen molar-refractivity contribution in [2.75, 3.05) is 0 Å². The Morgan fingerprint density at radius 1 is 1.32 bits per heavy atom. The van der Waals surface area contributed by atoms with Gasteiger partial charge in [0.15, 0.2) is 6.04 Å². The predicted octanol–water partition coefficient (Wildman–Crippen LogP) is 2.58. The molecule has 1 heterocycles. The van der Waals surface area contributed by atoms with Crippen molar-refractivity contribution in [2.45, 2.75) is 37.4 Å². The molecule has 2 atom stereocenters. The highest BCUT2D eigenvalue weighted by molar-refractivity contribution is 6.22. The molecule has 0 aromatic heterocycles. The molecule has 2 aliphatic rings. The van der Waals surface area contributed by atoms with Gasteiger partial charge in [0, 0.05) is 6.42 Å². The molecule has 1 fully saturated rings. The molecule has 1 aliphatic heterocycles. The fourth-order valence-electron chi connectivity index (χ4n) is 2.21. The van der Waals surface area contributed by atoms with E-state index in [0.29, 0.717) is 10.5 Å². The van der Waals surface area contributed by atoms with E-state index >= 15 is 0 Å². The molecule has 0 saturated carbocycles. The Kier molecular flexibility index (Phi) is 4.22. The number of nitrogens with two attached hydrogens (primary N) is 1. The molecule has 0 radical (unpaired) electrons. The lowest BCUT2D eigenvalue weighted by Crippen LogP contribution is -2.63. The largest absolute Gasteiger partial charge is 0.410 e. The molecule has 0 bridgehead atoms. The number of urea groups is 1. The Bertz CT molecular complexity index is 587. The van der Waals surface area contributed by atoms with E-state index in [9.17, 15) is 27.2 Å². The van der Waals surface area contributed by atoms with Crippen molar-refractivity contribution in [1.29, 1.82) is 0 Å². The summed E-state index contributed by atoms with van der Waals surface area (Å²) in [6.07, 6.45) is -5.02. The van der Waals surface area contributed by atoms with Crippen molar-refractivity contribution >= 4 is 23.5 Å². The molecule has 2 unspecified atom stereocenters. The first-order valence-corrected chi connectivity index (χ1v) is 6.66. The Balaban J connectivity index is 2.37. The summed E-state index contributed by atoms with van der Waals surface area (Å²) in [6.45, 7) is 1.56. The number of carbonyl (C=O) groups excluding carboxylic acids is 2. The van der Waals surface area contributed by atoms with Gasteiger partial charge in [-0.05, 0) is 13.0 Å². The molecule has 0 aromatic carbocycles. The highest BCUT2D eigenvalue weighted by Gasteiger charge is 2.52. The Morgan fingerprint density at radius 3 is 2.45 bits per heavy atom. The minimum atomic E-state index is -4.85. The lowest BCUT2D eigenvalue weighted by atomic mass is 10.0. The Labute approximate surface area is 127 Å². The Hall–Kier alpha value is -1.61. The SMILES string of the molecule is CC1=CC(N2C(=O)CC(C(F)(F)F)N(N)C2=O)=C(F)CC1Cl. The number of hydrazine groups is 1. The van der Waals surface area contributed by atoms with Gasteiger partial charge in [-0.25, -0.2) is 24.9 Å². The van der Waals surface area contributed by atoms with E-state index in [0.717, 1.165) is 6.08 Å². The molecule has 0 spiro atoms. The summed E-state index contributed by atoms with van der Waals surface area (Å²) >= 11 is 5.84. The number of amides is 3. The lowest BCUT2D eigenvalue weighted by Gasteiger charge is -2.38. The van der Waals surface area contributed by atoms with Crippen LogP contribution in [0.25, 0.3) is 0 Å². The third-order valence-corrected chi connectivity index (χ3v) is 3.98. The zero-order valence-corrected chi connectivity index (χ0v) is 12.1. The normalized spacial score (nSPS) is 27.5. The van der Waals surface area contributed by atoms with Crippen LogP contribution in [0, 0.1) is 0 Å². The summed E-state index contributed by atoms with van der Waals surface area (Å²) in [5, 5.41) is -0.742. The van der Waals surface area contributed by atoms with Gasteiger partial charge < -0.3 is 0 Å². The van der Waals surface area contributed by atoms with Gasteiger partial charge in [-0.15, -0.1) is 11.6 Å². The number of halogens is 5. The molecular formula is C12H12ClF4N3O2. The molecule has 122 valence electrons. The van der Waals surface area contributed by atoms with Gasteiger partial charge in [-0.2, -0.15) is 13.2 Å². The zero-order valence-electron chi connectivity index (χ0n) is 11.3. The van der Waals surface area contributed by atoms with Crippen molar-refractivity contribution in [1.82, 2.24) is 9.91 Å². The molecule has 1 aliphatic carbocycles. The molecular weight excluding hydrogens is 330 g/mol. The van der Waals surface area contributed by atoms with Crippen LogP contribution in [0.5, 0.6) is 0 Å². The number of imide groups is 1. The number of nitrogens with zero attached hydrogens (tertiary/aromatic N) is 2. The van der Waals surface area contributed by atoms with E-state index in [2.05, 4.69) is 0 Å². The first kappa shape index (κ1) is 16.8. The van der Waals surface area contributed by atoms with Gasteiger partial charge in [-0.3, -0.25) is 4.79 Å². The number of alkyl halides is 4. The van der Waals surface area contributed by atoms with Crippen molar-refractivity contribution in [3.8, 4) is 0 Å². The molecule has 10 heteroatoms. The number of allylic oxidation sites excluding steroid dienone is 3. The summed E-state index contributed by atoms with van der Waals surface area (Å²) in [5.74, 6) is 3.13. The van der Waals surface area contributed by atoms with E-state index in [1.165, 1.54) is 0 Å². The van der Waals surface area contributed by atoms with Crippen LogP contribution in [-0.4, -0.2) is 39.4 Å². The van der Waals surface area contributed by atoms with Gasteiger partial charge >= 0.3 is 12.2 Å². The van der Waals surface area contributed by atoms with Crippen LogP contribution in [-0.2, 0) is 4.79 Å². The fraction of sp³-hybridized carbons (Fsp3) is 0.500. The van der Waals surface area contributed by atoms with Gasteiger partial charge in [-0.1, -0.05) is 5.57 Å². The quantitative estimate of drug-likeness (QED) is 0.345. The third-order valence-electron chi connectivity index (χ3n) is 3.48. The molecule has 2 rings (SSSR count). The third kappa shape index (κ3) is 2.82. The summed E-state index contributed by atoms with van der Waals surface area (Å²) in [6, 6.07) is -3.86. The maximum atomic E-state index is 14.0. The molecule has 5 nitrogen and oxygen atoms in total. The minimum absolute atomic E-state index is 0.0996. The van der Waals surface area contributed by atoms with Crippen LogP contribution in [0.3, 0.4) is 0 Å². The van der Waals surface area contributed by atoms with Crippen molar-refractivity contribution in [3.63, 3.8) is 0 Å². The standard InChI is InChI=1S/C12H12ClF4N3O2/c1-5-2-8(7(14)3-6(5)13)19-10(21)4-9(12(15,16)17)20(18)11(19)22/h2,6,9H,3-4,18H2,1H3. The predicted molar refractivity (Wildman–Crippen MR) is 68.9 cm³/mol. The molecule has 3 amide bonds. The zero-order chi connectivity index (χ0) is 16.8. The summed E-state index contributed by atoms with van der Waals surface area (Å²) in [4.78, 5) is 24.2. The number of carbonyl (C=O) groups is 2. The average Bonchev–Trinajstić information content (AvgIpc) is 2.38. The second kappa shape index (κ2) is 5.54. The monoisotopic (exact) mass is 341 g/mol. The summed E-state index contributed by atoms with van der Waals surface area (Å²) in [7, 11) is 0. The second-order valence-electron chi connectivity index (χ2n) is 5.03. The van der Waals surface area contributed by atoms with Gasteiger partial charge in [0.25, 0.3) is 0 Å².